The second kappa shape index (κ2) is 6.62. The Hall–Kier alpha value is -2.74. The number of hydrogen-bond donors (Lipinski definition) is 1. The quantitative estimate of drug-likeness (QED) is 0.913. The van der Waals surface area contributed by atoms with Gasteiger partial charge < -0.3 is 15.0 Å². The van der Waals surface area contributed by atoms with Crippen LogP contribution < -0.4 is 15.0 Å². The lowest BCUT2D eigenvalue weighted by Gasteiger charge is -2.20. The lowest BCUT2D eigenvalue weighted by Crippen LogP contribution is -2.13. The zero-order valence-electron chi connectivity index (χ0n) is 12.4. The number of ether oxygens (including phenoxy) is 1. The van der Waals surface area contributed by atoms with Gasteiger partial charge in [0.05, 0.1) is 24.4 Å². The summed E-state index contributed by atoms with van der Waals surface area (Å²) in [5, 5.41) is 12.2. The third kappa shape index (κ3) is 3.42. The fourth-order valence-electron chi connectivity index (χ4n) is 2.01. The van der Waals surface area contributed by atoms with Crippen molar-refractivity contribution in [1.82, 2.24) is 4.98 Å². The van der Waals surface area contributed by atoms with Crippen LogP contribution in [0.4, 0.5) is 11.4 Å². The minimum Gasteiger partial charge on any atom is -0.479 e. The molecule has 5 heteroatoms. The van der Waals surface area contributed by atoms with Gasteiger partial charge in [-0.05, 0) is 23.8 Å². The van der Waals surface area contributed by atoms with Crippen LogP contribution >= 0.6 is 0 Å². The van der Waals surface area contributed by atoms with Crippen LogP contribution in [-0.4, -0.2) is 26.2 Å². The number of benzene rings is 1. The molecule has 0 fully saturated rings. The maximum absolute atomic E-state index is 8.81. The average Bonchev–Trinajstić information content (AvgIpc) is 2.52. The van der Waals surface area contributed by atoms with E-state index in [0.29, 0.717) is 18.0 Å². The second-order valence-corrected chi connectivity index (χ2v) is 4.77. The normalized spacial score (nSPS) is 9.81. The zero-order valence-corrected chi connectivity index (χ0v) is 12.4. The number of nitrogens with zero attached hydrogens (tertiary/aromatic N) is 3. The van der Waals surface area contributed by atoms with Crippen molar-refractivity contribution in [1.29, 1.82) is 5.26 Å². The summed E-state index contributed by atoms with van der Waals surface area (Å²) in [4.78, 5) is 6.23. The Morgan fingerprint density at radius 1 is 1.24 bits per heavy atom. The number of pyridine rings is 1. The minimum absolute atomic E-state index is 0.565. The molecule has 0 atom stereocenters. The van der Waals surface area contributed by atoms with Gasteiger partial charge in [-0.25, -0.2) is 4.98 Å². The SMILES string of the molecule is COc1nccc(N(C)C)c1NCc1ccc(C#N)cc1. The van der Waals surface area contributed by atoms with Crippen molar-refractivity contribution in [3.63, 3.8) is 0 Å². The summed E-state index contributed by atoms with van der Waals surface area (Å²) in [5.41, 5.74) is 3.61. The molecule has 0 spiro atoms. The molecule has 2 aromatic rings. The molecule has 0 bridgehead atoms. The number of aromatic nitrogens is 1. The predicted molar refractivity (Wildman–Crippen MR) is 83.6 cm³/mol. The highest BCUT2D eigenvalue weighted by Crippen LogP contribution is 2.32. The first kappa shape index (κ1) is 14.7. The van der Waals surface area contributed by atoms with Gasteiger partial charge in [0.25, 0.3) is 0 Å². The van der Waals surface area contributed by atoms with Crippen molar-refractivity contribution in [3.05, 3.63) is 47.7 Å². The molecule has 0 unspecified atom stereocenters. The first-order chi connectivity index (χ1) is 10.2. The highest BCUT2D eigenvalue weighted by molar-refractivity contribution is 5.74. The molecule has 2 rings (SSSR count). The third-order valence-corrected chi connectivity index (χ3v) is 3.12. The average molecular weight is 282 g/mol. The van der Waals surface area contributed by atoms with Crippen LogP contribution in [0.1, 0.15) is 11.1 Å². The van der Waals surface area contributed by atoms with E-state index in [2.05, 4.69) is 16.4 Å². The van der Waals surface area contributed by atoms with E-state index in [-0.39, 0.29) is 0 Å². The standard InChI is InChI=1S/C16H18N4O/c1-20(2)14-8-9-18-16(21-3)15(14)19-11-13-6-4-12(10-17)5-7-13/h4-9,19H,11H2,1-3H3. The molecule has 0 saturated carbocycles. The van der Waals surface area contributed by atoms with Crippen LogP contribution in [0.5, 0.6) is 5.88 Å². The largest absolute Gasteiger partial charge is 0.479 e. The topological polar surface area (TPSA) is 61.2 Å². The van der Waals surface area contributed by atoms with Crippen molar-refractivity contribution in [2.45, 2.75) is 6.54 Å². The second-order valence-electron chi connectivity index (χ2n) is 4.77. The Balaban J connectivity index is 2.20. The Morgan fingerprint density at radius 3 is 2.52 bits per heavy atom. The summed E-state index contributed by atoms with van der Waals surface area (Å²) in [6.07, 6.45) is 1.72. The van der Waals surface area contributed by atoms with Crippen molar-refractivity contribution in [2.24, 2.45) is 0 Å². The molecule has 1 N–H and O–H groups in total. The van der Waals surface area contributed by atoms with E-state index in [1.165, 1.54) is 0 Å². The number of anilines is 2. The predicted octanol–water partition coefficient (Wildman–Crippen LogP) is 2.64. The van der Waals surface area contributed by atoms with Crippen molar-refractivity contribution in [3.8, 4) is 11.9 Å². The molecule has 5 nitrogen and oxygen atoms in total. The Bertz CT molecular complexity index is 644. The monoisotopic (exact) mass is 282 g/mol. The fraction of sp³-hybridized carbons (Fsp3) is 0.250. The molecule has 0 aliphatic heterocycles. The molecule has 1 heterocycles. The van der Waals surface area contributed by atoms with Crippen LogP contribution in [0, 0.1) is 11.3 Å². The Labute approximate surface area is 124 Å². The van der Waals surface area contributed by atoms with Crippen molar-refractivity contribution >= 4 is 11.4 Å². The molecule has 21 heavy (non-hydrogen) atoms. The van der Waals surface area contributed by atoms with Crippen LogP contribution in [-0.2, 0) is 6.54 Å². The van der Waals surface area contributed by atoms with Crippen molar-refractivity contribution < 1.29 is 4.74 Å². The maximum atomic E-state index is 8.81. The number of rotatable bonds is 5. The highest BCUT2D eigenvalue weighted by atomic mass is 16.5. The first-order valence-corrected chi connectivity index (χ1v) is 6.59. The molecule has 1 aromatic heterocycles. The van der Waals surface area contributed by atoms with E-state index >= 15 is 0 Å². The maximum Gasteiger partial charge on any atom is 0.239 e. The van der Waals surface area contributed by atoms with E-state index in [1.807, 2.05) is 49.3 Å². The number of nitrogens with one attached hydrogen (secondary N) is 1. The number of hydrogen-bond acceptors (Lipinski definition) is 5. The van der Waals surface area contributed by atoms with Crippen LogP contribution in [0.3, 0.4) is 0 Å². The summed E-state index contributed by atoms with van der Waals surface area (Å²) >= 11 is 0. The molecule has 0 radical (unpaired) electrons. The van der Waals surface area contributed by atoms with Gasteiger partial charge in [0.1, 0.15) is 5.69 Å². The van der Waals surface area contributed by atoms with Gasteiger partial charge in [-0.2, -0.15) is 5.26 Å². The number of methoxy groups -OCH3 is 1. The molecular weight excluding hydrogens is 264 g/mol. The van der Waals surface area contributed by atoms with E-state index in [0.717, 1.165) is 16.9 Å². The molecule has 0 saturated heterocycles. The van der Waals surface area contributed by atoms with Gasteiger partial charge >= 0.3 is 0 Å². The highest BCUT2D eigenvalue weighted by Gasteiger charge is 2.11. The van der Waals surface area contributed by atoms with Crippen LogP contribution in [0.15, 0.2) is 36.5 Å². The van der Waals surface area contributed by atoms with E-state index in [9.17, 15) is 0 Å². The van der Waals surface area contributed by atoms with Gasteiger partial charge in [0.15, 0.2) is 0 Å². The van der Waals surface area contributed by atoms with Gasteiger partial charge in [0, 0.05) is 26.8 Å². The lowest BCUT2D eigenvalue weighted by molar-refractivity contribution is 0.400. The van der Waals surface area contributed by atoms with Crippen LogP contribution in [0.2, 0.25) is 0 Å². The van der Waals surface area contributed by atoms with Crippen molar-refractivity contribution in [2.75, 3.05) is 31.4 Å². The Morgan fingerprint density at radius 2 is 1.95 bits per heavy atom. The van der Waals surface area contributed by atoms with E-state index in [1.54, 1.807) is 13.3 Å². The molecule has 0 aliphatic rings. The van der Waals surface area contributed by atoms with Gasteiger partial charge in [-0.15, -0.1) is 0 Å². The summed E-state index contributed by atoms with van der Waals surface area (Å²) in [5.74, 6) is 0.565. The smallest absolute Gasteiger partial charge is 0.239 e. The molecule has 0 aliphatic carbocycles. The minimum atomic E-state index is 0.565. The lowest BCUT2D eigenvalue weighted by atomic mass is 10.1. The molecular formula is C16H18N4O. The van der Waals surface area contributed by atoms with Gasteiger partial charge in [-0.1, -0.05) is 12.1 Å². The number of nitriles is 1. The summed E-state index contributed by atoms with van der Waals surface area (Å²) < 4.78 is 5.32. The van der Waals surface area contributed by atoms with Crippen LogP contribution in [0.25, 0.3) is 0 Å². The fourth-order valence-corrected chi connectivity index (χ4v) is 2.01. The summed E-state index contributed by atoms with van der Waals surface area (Å²) in [6, 6.07) is 11.5. The van der Waals surface area contributed by atoms with Gasteiger partial charge in [0.2, 0.25) is 5.88 Å². The Kier molecular flexibility index (Phi) is 4.62. The van der Waals surface area contributed by atoms with E-state index < -0.39 is 0 Å². The molecule has 0 amide bonds. The zero-order chi connectivity index (χ0) is 15.2. The van der Waals surface area contributed by atoms with Gasteiger partial charge in [-0.3, -0.25) is 0 Å². The molecule has 108 valence electrons. The summed E-state index contributed by atoms with van der Waals surface area (Å²) in [6.45, 7) is 0.634. The third-order valence-electron chi connectivity index (χ3n) is 3.12. The molecule has 1 aromatic carbocycles. The first-order valence-electron chi connectivity index (χ1n) is 6.59. The van der Waals surface area contributed by atoms with E-state index in [4.69, 9.17) is 10.00 Å². The summed E-state index contributed by atoms with van der Waals surface area (Å²) in [7, 11) is 5.55.